The van der Waals surface area contributed by atoms with Gasteiger partial charge in [-0.2, -0.15) is 5.10 Å². The summed E-state index contributed by atoms with van der Waals surface area (Å²) in [7, 11) is 1.56. The molecule has 7 heteroatoms. The molecule has 0 saturated carbocycles. The van der Waals surface area contributed by atoms with Gasteiger partial charge in [0.1, 0.15) is 18.0 Å². The van der Waals surface area contributed by atoms with Gasteiger partial charge in [0.15, 0.2) is 5.78 Å². The molecule has 2 heterocycles. The van der Waals surface area contributed by atoms with E-state index in [1.54, 1.807) is 42.1 Å². The number of methoxy groups -OCH3 is 1. The van der Waals surface area contributed by atoms with Crippen molar-refractivity contribution in [1.82, 2.24) is 14.8 Å². The summed E-state index contributed by atoms with van der Waals surface area (Å²) in [4.78, 5) is 29.6. The molecule has 0 unspecified atom stereocenters. The van der Waals surface area contributed by atoms with E-state index >= 15 is 0 Å². The van der Waals surface area contributed by atoms with E-state index in [0.29, 0.717) is 27.9 Å². The number of aromatic nitrogens is 3. The summed E-state index contributed by atoms with van der Waals surface area (Å²) in [6, 6.07) is 8.49. The normalized spacial score (nSPS) is 11.6. The summed E-state index contributed by atoms with van der Waals surface area (Å²) in [5.41, 5.74) is 1.22. The van der Waals surface area contributed by atoms with Crippen molar-refractivity contribution < 1.29 is 19.4 Å². The van der Waals surface area contributed by atoms with Crippen molar-refractivity contribution in [2.75, 3.05) is 7.11 Å². The highest BCUT2D eigenvalue weighted by Gasteiger charge is 2.25. The van der Waals surface area contributed by atoms with Crippen LogP contribution in [0.15, 0.2) is 36.5 Å². The predicted molar refractivity (Wildman–Crippen MR) is 104 cm³/mol. The summed E-state index contributed by atoms with van der Waals surface area (Å²) < 4.78 is 6.83. The van der Waals surface area contributed by atoms with Crippen molar-refractivity contribution in [2.45, 2.75) is 33.9 Å². The first-order valence-electron chi connectivity index (χ1n) is 8.93. The second kappa shape index (κ2) is 7.52. The smallest absolute Gasteiger partial charge is 0.215 e. The largest absolute Gasteiger partial charge is 0.497 e. The maximum atomic E-state index is 13.0. The van der Waals surface area contributed by atoms with E-state index in [2.05, 4.69) is 10.1 Å². The van der Waals surface area contributed by atoms with Gasteiger partial charge in [-0.1, -0.05) is 20.8 Å². The summed E-state index contributed by atoms with van der Waals surface area (Å²) >= 11 is 0. The number of aliphatic hydroxyl groups is 1. The molecule has 0 fully saturated rings. The van der Waals surface area contributed by atoms with E-state index in [4.69, 9.17) is 9.84 Å². The molecule has 1 N–H and O–H groups in total. The summed E-state index contributed by atoms with van der Waals surface area (Å²) in [5.74, 6) is 0.326. The SMILES string of the molecule is COc1ccc2c(C(=O)c3ccc(CO)nc3)nn(CC(=O)C(C)(C)C)c2c1. The Bertz CT molecular complexity index is 1030. The quantitative estimate of drug-likeness (QED) is 0.660. The van der Waals surface area contributed by atoms with Gasteiger partial charge >= 0.3 is 0 Å². The predicted octanol–water partition coefficient (Wildman–Crippen LogP) is 2.78. The summed E-state index contributed by atoms with van der Waals surface area (Å²) in [5, 5.41) is 14.2. The Balaban J connectivity index is 2.09. The number of rotatable bonds is 6. The van der Waals surface area contributed by atoms with E-state index in [1.807, 2.05) is 20.8 Å². The third kappa shape index (κ3) is 3.80. The van der Waals surface area contributed by atoms with Gasteiger partial charge in [-0.25, -0.2) is 0 Å². The van der Waals surface area contributed by atoms with Crippen molar-refractivity contribution in [3.63, 3.8) is 0 Å². The highest BCUT2D eigenvalue weighted by molar-refractivity contribution is 6.15. The minimum Gasteiger partial charge on any atom is -0.497 e. The molecule has 146 valence electrons. The maximum Gasteiger partial charge on any atom is 0.215 e. The Morgan fingerprint density at radius 3 is 2.50 bits per heavy atom. The van der Waals surface area contributed by atoms with E-state index in [1.165, 1.54) is 6.20 Å². The fraction of sp³-hybridized carbons (Fsp3) is 0.333. The van der Waals surface area contributed by atoms with Crippen LogP contribution in [0.2, 0.25) is 0 Å². The first-order valence-corrected chi connectivity index (χ1v) is 8.93. The fourth-order valence-corrected chi connectivity index (χ4v) is 2.73. The van der Waals surface area contributed by atoms with Crippen molar-refractivity contribution in [3.05, 3.63) is 53.5 Å². The van der Waals surface area contributed by atoms with Crippen molar-refractivity contribution >= 4 is 22.5 Å². The topological polar surface area (TPSA) is 94.3 Å². The van der Waals surface area contributed by atoms with Gasteiger partial charge < -0.3 is 9.84 Å². The molecule has 0 spiro atoms. The average molecular weight is 381 g/mol. The van der Waals surface area contributed by atoms with Crippen molar-refractivity contribution in [2.24, 2.45) is 5.41 Å². The Morgan fingerprint density at radius 1 is 1.18 bits per heavy atom. The monoisotopic (exact) mass is 381 g/mol. The molecule has 1 aromatic carbocycles. The van der Waals surface area contributed by atoms with Crippen LogP contribution in [0.3, 0.4) is 0 Å². The molecule has 2 aromatic heterocycles. The number of hydrogen-bond donors (Lipinski definition) is 1. The van der Waals surface area contributed by atoms with Crippen molar-refractivity contribution in [1.29, 1.82) is 0 Å². The molecule has 0 atom stereocenters. The fourth-order valence-electron chi connectivity index (χ4n) is 2.73. The van der Waals surface area contributed by atoms with E-state index in [9.17, 15) is 9.59 Å². The minimum atomic E-state index is -0.522. The minimum absolute atomic E-state index is 0.00712. The number of carbonyl (C=O) groups excluding carboxylic acids is 2. The van der Waals surface area contributed by atoms with Gasteiger partial charge in [0.2, 0.25) is 5.78 Å². The lowest BCUT2D eigenvalue weighted by molar-refractivity contribution is -0.127. The Kier molecular flexibility index (Phi) is 5.29. The first-order chi connectivity index (χ1) is 13.2. The van der Waals surface area contributed by atoms with Crippen LogP contribution in [0, 0.1) is 5.41 Å². The number of ketones is 2. The van der Waals surface area contributed by atoms with Gasteiger partial charge in [-0.15, -0.1) is 0 Å². The molecule has 28 heavy (non-hydrogen) atoms. The summed E-state index contributed by atoms with van der Waals surface area (Å²) in [6.07, 6.45) is 1.42. The maximum absolute atomic E-state index is 13.0. The second-order valence-corrected chi connectivity index (χ2v) is 7.59. The first kappa shape index (κ1) is 19.7. The van der Waals surface area contributed by atoms with Crippen LogP contribution >= 0.6 is 0 Å². The van der Waals surface area contributed by atoms with Crippen LogP contribution in [-0.2, 0) is 17.9 Å². The number of fused-ring (bicyclic) bond motifs is 1. The molecular weight excluding hydrogens is 358 g/mol. The molecule has 3 aromatic rings. The standard InChI is InChI=1S/C21H23N3O4/c1-21(2,3)18(26)11-24-17-9-15(28-4)7-8-16(17)19(23-24)20(27)13-5-6-14(12-25)22-10-13/h5-10,25H,11-12H2,1-4H3. The zero-order valence-electron chi connectivity index (χ0n) is 16.4. The molecule has 7 nitrogen and oxygen atoms in total. The lowest BCUT2D eigenvalue weighted by atomic mass is 9.91. The zero-order valence-corrected chi connectivity index (χ0v) is 16.4. The number of pyridine rings is 1. The molecule has 0 saturated heterocycles. The molecule has 0 amide bonds. The van der Waals surface area contributed by atoms with Gasteiger partial charge in [0.05, 0.1) is 24.9 Å². The number of benzene rings is 1. The Labute approximate surface area is 163 Å². The van der Waals surface area contributed by atoms with Gasteiger partial charge in [-0.3, -0.25) is 19.3 Å². The van der Waals surface area contributed by atoms with Crippen LogP contribution in [0.5, 0.6) is 5.75 Å². The van der Waals surface area contributed by atoms with E-state index in [0.717, 1.165) is 0 Å². The summed E-state index contributed by atoms with van der Waals surface area (Å²) in [6.45, 7) is 5.41. The number of carbonyl (C=O) groups is 2. The lowest BCUT2D eigenvalue weighted by Gasteiger charge is -2.16. The van der Waals surface area contributed by atoms with Crippen LogP contribution < -0.4 is 4.74 Å². The van der Waals surface area contributed by atoms with Crippen LogP contribution in [0.4, 0.5) is 0 Å². The number of nitrogens with zero attached hydrogens (tertiary/aromatic N) is 3. The van der Waals surface area contributed by atoms with Gasteiger partial charge in [0.25, 0.3) is 0 Å². The Hall–Kier alpha value is -3.06. The Morgan fingerprint density at radius 2 is 1.93 bits per heavy atom. The second-order valence-electron chi connectivity index (χ2n) is 7.59. The molecule has 0 aliphatic carbocycles. The number of hydrogen-bond acceptors (Lipinski definition) is 6. The average Bonchev–Trinajstić information content (AvgIpc) is 3.04. The van der Waals surface area contributed by atoms with E-state index in [-0.39, 0.29) is 30.4 Å². The molecule has 0 radical (unpaired) electrons. The highest BCUT2D eigenvalue weighted by atomic mass is 16.5. The number of ether oxygens (including phenoxy) is 1. The molecule has 0 aliphatic heterocycles. The van der Waals surface area contributed by atoms with Crippen LogP contribution in [0.1, 0.15) is 42.5 Å². The number of Topliss-reactive ketones (excluding diaryl/α,β-unsaturated/α-hetero) is 1. The van der Waals surface area contributed by atoms with Gasteiger partial charge in [-0.05, 0) is 24.3 Å². The van der Waals surface area contributed by atoms with Crippen LogP contribution in [-0.4, -0.2) is 38.5 Å². The lowest BCUT2D eigenvalue weighted by Crippen LogP contribution is -2.25. The molecule has 0 aliphatic rings. The van der Waals surface area contributed by atoms with Gasteiger partial charge in [0, 0.05) is 28.6 Å². The van der Waals surface area contributed by atoms with Crippen LogP contribution in [0.25, 0.3) is 10.9 Å². The number of aliphatic hydroxyl groups excluding tert-OH is 1. The highest BCUT2D eigenvalue weighted by Crippen LogP contribution is 2.27. The van der Waals surface area contributed by atoms with E-state index < -0.39 is 5.41 Å². The third-order valence-corrected chi connectivity index (χ3v) is 4.55. The molecule has 3 rings (SSSR count). The zero-order chi connectivity index (χ0) is 20.5. The molecular formula is C21H23N3O4. The third-order valence-electron chi connectivity index (χ3n) is 4.55. The van der Waals surface area contributed by atoms with Crippen molar-refractivity contribution in [3.8, 4) is 5.75 Å². The molecule has 0 bridgehead atoms.